The first kappa shape index (κ1) is 10.2. The highest BCUT2D eigenvalue weighted by Gasteiger charge is 2.17. The Kier molecular flexibility index (Phi) is 2.13. The largest absolute Gasteiger partial charge is 0.289 e. The fraction of sp³-hybridized carbons (Fsp3) is 0.0909. The minimum atomic E-state index is -0.276. The maximum atomic E-state index is 11.6. The van der Waals surface area contributed by atoms with Crippen molar-refractivity contribution in [1.82, 2.24) is 14.8 Å². The quantitative estimate of drug-likeness (QED) is 0.388. The number of benzene rings is 1. The predicted molar refractivity (Wildman–Crippen MR) is 67.0 cm³/mol. The summed E-state index contributed by atoms with van der Waals surface area (Å²) in [5.74, 6) is 4.88. The van der Waals surface area contributed by atoms with Gasteiger partial charge in [-0.15, -0.1) is 0 Å². The highest BCUT2D eigenvalue weighted by atomic mass is 32.1. The molecule has 3 N–H and O–H groups in total. The molecule has 5 nitrogen and oxygen atoms in total. The number of rotatable bonds is 1. The zero-order chi connectivity index (χ0) is 12.0. The number of carbonyl (C=O) groups excluding carboxylic acids is 1. The van der Waals surface area contributed by atoms with Crippen LogP contribution in [0.1, 0.15) is 15.4 Å². The number of aryl methyl sites for hydroxylation is 1. The van der Waals surface area contributed by atoms with E-state index in [1.165, 1.54) is 11.3 Å². The van der Waals surface area contributed by atoms with Crippen LogP contribution in [0.15, 0.2) is 24.3 Å². The molecule has 3 rings (SSSR count). The van der Waals surface area contributed by atoms with Crippen molar-refractivity contribution in [2.45, 2.75) is 6.92 Å². The number of aromatic nitrogens is 2. The number of nitrogen functional groups attached to an aromatic ring is 1. The molecule has 2 aromatic heterocycles. The van der Waals surface area contributed by atoms with Gasteiger partial charge in [0.05, 0.1) is 11.0 Å². The lowest BCUT2D eigenvalue weighted by atomic mass is 10.3. The molecular weight excluding hydrogens is 236 g/mol. The number of hydrogen-bond acceptors (Lipinski definition) is 4. The average molecular weight is 246 g/mol. The van der Waals surface area contributed by atoms with Gasteiger partial charge in [-0.3, -0.25) is 14.6 Å². The summed E-state index contributed by atoms with van der Waals surface area (Å²) >= 11 is 1.34. The number of thiazole rings is 1. The summed E-state index contributed by atoms with van der Waals surface area (Å²) in [7, 11) is 0. The molecule has 0 bridgehead atoms. The molecule has 0 saturated carbocycles. The maximum Gasteiger partial charge on any atom is 0.277 e. The molecule has 2 heterocycles. The van der Waals surface area contributed by atoms with Gasteiger partial charge in [0.15, 0.2) is 4.96 Å². The third-order valence-electron chi connectivity index (χ3n) is 2.72. The lowest BCUT2D eigenvalue weighted by Gasteiger charge is -1.98. The van der Waals surface area contributed by atoms with Gasteiger partial charge in [0.1, 0.15) is 4.88 Å². The Bertz CT molecular complexity index is 728. The lowest BCUT2D eigenvalue weighted by molar-refractivity contribution is 0.0957. The standard InChI is InChI=1S/C11H10N4OS/c1-6-9(10(16)14-12)17-11-13-7-4-2-3-5-8(7)15(6)11/h2-5H,12H2,1H3,(H,14,16). The van der Waals surface area contributed by atoms with Gasteiger partial charge in [-0.25, -0.2) is 10.8 Å². The van der Waals surface area contributed by atoms with E-state index in [4.69, 9.17) is 5.84 Å². The van der Waals surface area contributed by atoms with Crippen LogP contribution in [-0.2, 0) is 0 Å². The van der Waals surface area contributed by atoms with Crippen molar-refractivity contribution < 1.29 is 4.79 Å². The average Bonchev–Trinajstić information content (AvgIpc) is 2.85. The molecule has 0 fully saturated rings. The van der Waals surface area contributed by atoms with Gasteiger partial charge < -0.3 is 0 Å². The first-order chi connectivity index (χ1) is 8.22. The molecule has 0 radical (unpaired) electrons. The van der Waals surface area contributed by atoms with Gasteiger partial charge in [0.25, 0.3) is 5.91 Å². The number of para-hydroxylation sites is 2. The van der Waals surface area contributed by atoms with Crippen LogP contribution in [0.4, 0.5) is 0 Å². The normalized spacial score (nSPS) is 11.2. The molecule has 1 amide bonds. The zero-order valence-electron chi connectivity index (χ0n) is 9.10. The van der Waals surface area contributed by atoms with Gasteiger partial charge in [-0.1, -0.05) is 23.5 Å². The van der Waals surface area contributed by atoms with E-state index in [9.17, 15) is 4.79 Å². The van der Waals surface area contributed by atoms with Gasteiger partial charge >= 0.3 is 0 Å². The van der Waals surface area contributed by atoms with E-state index in [-0.39, 0.29) is 5.91 Å². The van der Waals surface area contributed by atoms with E-state index in [2.05, 4.69) is 10.4 Å². The summed E-state index contributed by atoms with van der Waals surface area (Å²) in [5, 5.41) is 0. The van der Waals surface area contributed by atoms with Gasteiger partial charge in [0, 0.05) is 5.69 Å². The Morgan fingerprint density at radius 2 is 2.24 bits per heavy atom. The SMILES string of the molecule is Cc1c(C(=O)NN)sc2nc3ccccc3n12. The molecule has 0 spiro atoms. The first-order valence-corrected chi connectivity index (χ1v) is 5.91. The lowest BCUT2D eigenvalue weighted by Crippen LogP contribution is -2.29. The van der Waals surface area contributed by atoms with Crippen molar-refractivity contribution in [2.24, 2.45) is 5.84 Å². The van der Waals surface area contributed by atoms with E-state index >= 15 is 0 Å². The number of carbonyl (C=O) groups is 1. The third kappa shape index (κ3) is 1.35. The van der Waals surface area contributed by atoms with Crippen LogP contribution in [0.25, 0.3) is 16.0 Å². The Hall–Kier alpha value is -1.92. The summed E-state index contributed by atoms with van der Waals surface area (Å²) in [6.45, 7) is 1.89. The van der Waals surface area contributed by atoms with Crippen LogP contribution in [0.5, 0.6) is 0 Å². The Morgan fingerprint density at radius 3 is 3.00 bits per heavy atom. The highest BCUT2D eigenvalue weighted by molar-refractivity contribution is 7.19. The molecule has 0 aliphatic carbocycles. The highest BCUT2D eigenvalue weighted by Crippen LogP contribution is 2.27. The van der Waals surface area contributed by atoms with Crippen molar-refractivity contribution in [1.29, 1.82) is 0 Å². The number of amides is 1. The zero-order valence-corrected chi connectivity index (χ0v) is 9.91. The molecule has 0 aliphatic heterocycles. The van der Waals surface area contributed by atoms with E-state index < -0.39 is 0 Å². The second kappa shape index (κ2) is 3.54. The number of hydrazine groups is 1. The Balaban J connectivity index is 2.39. The molecule has 3 aromatic rings. The van der Waals surface area contributed by atoms with Crippen LogP contribution < -0.4 is 11.3 Å². The summed E-state index contributed by atoms with van der Waals surface area (Å²) in [4.78, 5) is 17.5. The number of nitrogens with one attached hydrogen (secondary N) is 1. The fourth-order valence-corrected chi connectivity index (χ4v) is 2.98. The van der Waals surface area contributed by atoms with E-state index in [1.807, 2.05) is 35.6 Å². The van der Waals surface area contributed by atoms with E-state index in [0.29, 0.717) is 4.88 Å². The van der Waals surface area contributed by atoms with E-state index in [1.54, 1.807) is 0 Å². The van der Waals surface area contributed by atoms with Gasteiger partial charge in [-0.2, -0.15) is 0 Å². The second-order valence-electron chi connectivity index (χ2n) is 3.71. The molecule has 6 heteroatoms. The van der Waals surface area contributed by atoms with Crippen molar-refractivity contribution in [2.75, 3.05) is 0 Å². The van der Waals surface area contributed by atoms with Gasteiger partial charge in [0.2, 0.25) is 0 Å². The summed E-state index contributed by atoms with van der Waals surface area (Å²) in [6, 6.07) is 7.84. The number of fused-ring (bicyclic) bond motifs is 3. The van der Waals surface area contributed by atoms with Crippen LogP contribution in [0.2, 0.25) is 0 Å². The minimum Gasteiger partial charge on any atom is -0.289 e. The Labute approximate surface area is 101 Å². The summed E-state index contributed by atoms with van der Waals surface area (Å²) in [5.41, 5.74) is 4.95. The van der Waals surface area contributed by atoms with Crippen molar-refractivity contribution >= 4 is 33.2 Å². The molecule has 1 aromatic carbocycles. The molecule has 0 atom stereocenters. The number of nitrogens with two attached hydrogens (primary N) is 1. The van der Waals surface area contributed by atoms with Crippen molar-refractivity contribution in [3.8, 4) is 0 Å². The summed E-state index contributed by atoms with van der Waals surface area (Å²) < 4.78 is 1.98. The van der Waals surface area contributed by atoms with Gasteiger partial charge in [-0.05, 0) is 19.1 Å². The van der Waals surface area contributed by atoms with Crippen molar-refractivity contribution in [3.63, 3.8) is 0 Å². The van der Waals surface area contributed by atoms with Crippen molar-refractivity contribution in [3.05, 3.63) is 34.8 Å². The van der Waals surface area contributed by atoms with E-state index in [0.717, 1.165) is 21.7 Å². The monoisotopic (exact) mass is 246 g/mol. The molecular formula is C11H10N4OS. The molecule has 0 saturated heterocycles. The minimum absolute atomic E-state index is 0.276. The summed E-state index contributed by atoms with van der Waals surface area (Å²) in [6.07, 6.45) is 0. The molecule has 17 heavy (non-hydrogen) atoms. The van der Waals surface area contributed by atoms with Crippen LogP contribution >= 0.6 is 11.3 Å². The predicted octanol–water partition coefficient (Wildman–Crippen LogP) is 1.46. The molecule has 0 aliphatic rings. The van der Waals surface area contributed by atoms with Crippen LogP contribution in [0.3, 0.4) is 0 Å². The Morgan fingerprint density at radius 1 is 1.47 bits per heavy atom. The molecule has 0 unspecified atom stereocenters. The smallest absolute Gasteiger partial charge is 0.277 e. The number of nitrogens with zero attached hydrogens (tertiary/aromatic N) is 2. The number of imidazole rings is 1. The maximum absolute atomic E-state index is 11.6. The first-order valence-electron chi connectivity index (χ1n) is 5.10. The molecule has 86 valence electrons. The third-order valence-corrected chi connectivity index (χ3v) is 3.87. The van der Waals surface area contributed by atoms with Crippen LogP contribution in [-0.4, -0.2) is 15.3 Å². The topological polar surface area (TPSA) is 72.4 Å². The second-order valence-corrected chi connectivity index (χ2v) is 4.69. The van der Waals surface area contributed by atoms with Crippen LogP contribution in [0, 0.1) is 6.92 Å². The number of hydrogen-bond donors (Lipinski definition) is 2. The fourth-order valence-electron chi connectivity index (χ4n) is 1.94.